The second-order valence-electron chi connectivity index (χ2n) is 7.66. The highest BCUT2D eigenvalue weighted by atomic mass is 35.5. The average Bonchev–Trinajstić information content (AvgIpc) is 2.95. The molecule has 0 saturated carbocycles. The maximum Gasteiger partial charge on any atom is 0.232 e. The maximum atomic E-state index is 13.0. The van der Waals surface area contributed by atoms with Crippen molar-refractivity contribution in [2.45, 2.75) is 27.3 Å². The summed E-state index contributed by atoms with van der Waals surface area (Å²) < 4.78 is 12.0. The van der Waals surface area contributed by atoms with Gasteiger partial charge in [-0.2, -0.15) is 0 Å². The van der Waals surface area contributed by atoms with Gasteiger partial charge < -0.3 is 9.47 Å². The highest BCUT2D eigenvalue weighted by Gasteiger charge is 2.35. The molecule has 0 atom stereocenters. The first-order chi connectivity index (χ1) is 13.3. The molecule has 2 aromatic carbocycles. The van der Waals surface area contributed by atoms with Crippen LogP contribution in [-0.4, -0.2) is 24.0 Å². The predicted molar refractivity (Wildman–Crippen MR) is 111 cm³/mol. The molecule has 0 fully saturated rings. The molecule has 146 valence electrons. The summed E-state index contributed by atoms with van der Waals surface area (Å²) >= 11 is 12.2. The summed E-state index contributed by atoms with van der Waals surface area (Å²) in [4.78, 5) is 15.2. The molecule has 2 aliphatic rings. The molecule has 0 unspecified atom stereocenters. The first kappa shape index (κ1) is 19.3. The first-order valence-corrected chi connectivity index (χ1v) is 10.00. The Balaban J connectivity index is 1.72. The second-order valence-corrected chi connectivity index (χ2v) is 8.50. The molecule has 6 heteroatoms. The van der Waals surface area contributed by atoms with Gasteiger partial charge in [-0.15, -0.1) is 0 Å². The summed E-state index contributed by atoms with van der Waals surface area (Å²) in [6.45, 7) is 8.40. The van der Waals surface area contributed by atoms with Crippen molar-refractivity contribution < 1.29 is 14.3 Å². The maximum absolute atomic E-state index is 13.0. The third-order valence-electron chi connectivity index (χ3n) is 4.86. The Bertz CT molecular complexity index is 998. The monoisotopic (exact) mass is 417 g/mol. The summed E-state index contributed by atoms with van der Waals surface area (Å²) in [7, 11) is 0. The molecule has 0 spiro atoms. The summed E-state index contributed by atoms with van der Waals surface area (Å²) in [6, 6.07) is 7.08. The smallest absolute Gasteiger partial charge is 0.232 e. The minimum absolute atomic E-state index is 0.137. The van der Waals surface area contributed by atoms with Crippen LogP contribution >= 0.6 is 23.2 Å². The number of allylic oxidation sites excluding steroid dienone is 1. The van der Waals surface area contributed by atoms with Gasteiger partial charge in [0.2, 0.25) is 5.78 Å². The number of ketones is 1. The van der Waals surface area contributed by atoms with Gasteiger partial charge in [-0.25, -0.2) is 0 Å². The van der Waals surface area contributed by atoms with Crippen molar-refractivity contribution in [3.05, 3.63) is 62.3 Å². The van der Waals surface area contributed by atoms with E-state index in [9.17, 15) is 4.79 Å². The molecule has 2 aliphatic heterocycles. The van der Waals surface area contributed by atoms with Crippen LogP contribution < -0.4 is 9.47 Å². The molecule has 0 amide bonds. The number of hydrogen-bond acceptors (Lipinski definition) is 4. The number of nitrogens with zero attached hydrogens (tertiary/aromatic N) is 1. The normalized spacial score (nSPS) is 17.5. The largest absolute Gasteiger partial charge is 0.478 e. The molecule has 0 aromatic heterocycles. The fourth-order valence-corrected chi connectivity index (χ4v) is 4.13. The Hall–Kier alpha value is -2.01. The highest BCUT2D eigenvalue weighted by molar-refractivity contribution is 6.35. The Morgan fingerprint density at radius 3 is 2.75 bits per heavy atom. The topological polar surface area (TPSA) is 38.8 Å². The molecule has 0 bridgehead atoms. The lowest BCUT2D eigenvalue weighted by atomic mass is 9.98. The van der Waals surface area contributed by atoms with Gasteiger partial charge in [-0.05, 0) is 48.2 Å². The molecule has 4 rings (SSSR count). The van der Waals surface area contributed by atoms with E-state index in [1.165, 1.54) is 0 Å². The van der Waals surface area contributed by atoms with Gasteiger partial charge >= 0.3 is 0 Å². The third kappa shape index (κ3) is 3.52. The number of benzene rings is 2. The van der Waals surface area contributed by atoms with Crippen LogP contribution in [0.1, 0.15) is 40.9 Å². The van der Waals surface area contributed by atoms with E-state index in [1.807, 2.05) is 13.0 Å². The molecule has 0 saturated heterocycles. The Morgan fingerprint density at radius 2 is 2.04 bits per heavy atom. The van der Waals surface area contributed by atoms with Crippen LogP contribution in [0.5, 0.6) is 11.5 Å². The van der Waals surface area contributed by atoms with Gasteiger partial charge in [0, 0.05) is 23.1 Å². The standard InChI is InChI=1S/C22H21Cl2NO3/c1-12(2)9-25-10-16-18(27-11-25)6-13(3)20-21(26)19(28-22(16)20)7-14-4-5-15(23)8-17(14)24/h4-8,12H,9-11H2,1-3H3/b19-7-. The van der Waals surface area contributed by atoms with Gasteiger partial charge in [-0.3, -0.25) is 9.69 Å². The third-order valence-corrected chi connectivity index (χ3v) is 5.42. The number of aryl methyl sites for hydroxylation is 1. The molecule has 0 radical (unpaired) electrons. The molecule has 4 nitrogen and oxygen atoms in total. The van der Waals surface area contributed by atoms with Crippen LogP contribution in [0, 0.1) is 12.8 Å². The summed E-state index contributed by atoms with van der Waals surface area (Å²) in [5, 5.41) is 1.01. The number of rotatable bonds is 3. The number of carbonyl (C=O) groups is 1. The van der Waals surface area contributed by atoms with E-state index in [1.54, 1.807) is 24.3 Å². The number of fused-ring (bicyclic) bond motifs is 3. The van der Waals surface area contributed by atoms with Gasteiger partial charge in [0.1, 0.15) is 18.2 Å². The van der Waals surface area contributed by atoms with Gasteiger partial charge in [0.25, 0.3) is 0 Å². The average molecular weight is 418 g/mol. The zero-order valence-corrected chi connectivity index (χ0v) is 17.5. The highest BCUT2D eigenvalue weighted by Crippen LogP contribution is 2.44. The SMILES string of the molecule is Cc1cc2c(c3c1C(=O)/C(=C/c1ccc(Cl)cc1Cl)O3)CN(CC(C)C)CO2. The molecule has 2 heterocycles. The van der Waals surface area contributed by atoms with Gasteiger partial charge in [0.15, 0.2) is 5.76 Å². The number of ether oxygens (including phenoxy) is 2. The molecular formula is C22H21Cl2NO3. The van der Waals surface area contributed by atoms with E-state index in [0.717, 1.165) is 23.4 Å². The quantitative estimate of drug-likeness (QED) is 0.597. The van der Waals surface area contributed by atoms with Crippen LogP contribution in [0.3, 0.4) is 0 Å². The van der Waals surface area contributed by atoms with Crippen molar-refractivity contribution in [1.82, 2.24) is 4.90 Å². The Morgan fingerprint density at radius 1 is 1.25 bits per heavy atom. The van der Waals surface area contributed by atoms with Crippen molar-refractivity contribution in [1.29, 1.82) is 0 Å². The van der Waals surface area contributed by atoms with E-state index in [0.29, 0.717) is 46.1 Å². The van der Waals surface area contributed by atoms with Crippen LogP contribution in [0.25, 0.3) is 6.08 Å². The molecule has 28 heavy (non-hydrogen) atoms. The Kier molecular flexibility index (Phi) is 5.13. The van der Waals surface area contributed by atoms with E-state index < -0.39 is 0 Å². The molecular weight excluding hydrogens is 397 g/mol. The lowest BCUT2D eigenvalue weighted by Gasteiger charge is -2.31. The number of hydrogen-bond donors (Lipinski definition) is 0. The number of halogens is 2. The molecule has 0 N–H and O–H groups in total. The lowest BCUT2D eigenvalue weighted by molar-refractivity contribution is 0.0831. The molecule has 0 aliphatic carbocycles. The van der Waals surface area contributed by atoms with Crippen LogP contribution in [0.15, 0.2) is 30.0 Å². The molecule has 2 aromatic rings. The first-order valence-electron chi connectivity index (χ1n) is 9.24. The van der Waals surface area contributed by atoms with Crippen molar-refractivity contribution >= 4 is 35.1 Å². The minimum atomic E-state index is -0.137. The van der Waals surface area contributed by atoms with E-state index in [2.05, 4.69) is 18.7 Å². The van der Waals surface area contributed by atoms with Crippen LogP contribution in [-0.2, 0) is 6.54 Å². The predicted octanol–water partition coefficient (Wildman–Crippen LogP) is 5.73. The lowest BCUT2D eigenvalue weighted by Crippen LogP contribution is -2.35. The van der Waals surface area contributed by atoms with Crippen molar-refractivity contribution in [2.75, 3.05) is 13.3 Å². The van der Waals surface area contributed by atoms with Crippen LogP contribution in [0.4, 0.5) is 0 Å². The fourth-order valence-electron chi connectivity index (χ4n) is 3.67. The van der Waals surface area contributed by atoms with E-state index in [4.69, 9.17) is 32.7 Å². The zero-order valence-electron chi connectivity index (χ0n) is 16.0. The number of Topliss-reactive ketones (excluding diaryl/α,β-unsaturated/α-hetero) is 1. The van der Waals surface area contributed by atoms with Crippen molar-refractivity contribution in [3.63, 3.8) is 0 Å². The summed E-state index contributed by atoms with van der Waals surface area (Å²) in [6.07, 6.45) is 1.67. The van der Waals surface area contributed by atoms with E-state index in [-0.39, 0.29) is 11.5 Å². The van der Waals surface area contributed by atoms with E-state index >= 15 is 0 Å². The summed E-state index contributed by atoms with van der Waals surface area (Å²) in [5.41, 5.74) is 3.06. The van der Waals surface area contributed by atoms with Crippen molar-refractivity contribution in [2.24, 2.45) is 5.92 Å². The van der Waals surface area contributed by atoms with Crippen LogP contribution in [0.2, 0.25) is 10.0 Å². The fraction of sp³-hybridized carbons (Fsp3) is 0.318. The zero-order chi connectivity index (χ0) is 20.0. The second kappa shape index (κ2) is 7.43. The van der Waals surface area contributed by atoms with Gasteiger partial charge in [0.05, 0.1) is 11.1 Å². The number of carbonyl (C=O) groups excluding carboxylic acids is 1. The Labute approximate surface area is 174 Å². The van der Waals surface area contributed by atoms with Crippen molar-refractivity contribution in [3.8, 4) is 11.5 Å². The van der Waals surface area contributed by atoms with Gasteiger partial charge in [-0.1, -0.05) is 43.1 Å². The summed E-state index contributed by atoms with van der Waals surface area (Å²) in [5.74, 6) is 2.03. The minimum Gasteiger partial charge on any atom is -0.478 e.